The highest BCUT2D eigenvalue weighted by molar-refractivity contribution is 7.98. The summed E-state index contributed by atoms with van der Waals surface area (Å²) in [5, 5.41) is 30.1. The summed E-state index contributed by atoms with van der Waals surface area (Å²) in [6.07, 6.45) is -0.348. The van der Waals surface area contributed by atoms with Crippen molar-refractivity contribution in [2.24, 2.45) is 5.73 Å². The molecule has 42 heavy (non-hydrogen) atoms. The molecular weight excluding hydrogens is 562 g/mol. The molecule has 12 heteroatoms. The van der Waals surface area contributed by atoms with Gasteiger partial charge in [0.2, 0.25) is 5.91 Å². The number of amides is 2. The first kappa shape index (κ1) is 31.8. The zero-order valence-electron chi connectivity index (χ0n) is 22.5. The van der Waals surface area contributed by atoms with Crippen LogP contribution in [0.4, 0.5) is 5.69 Å². The van der Waals surface area contributed by atoms with Gasteiger partial charge in [-0.1, -0.05) is 54.6 Å². The highest BCUT2D eigenvalue weighted by atomic mass is 32.2. The summed E-state index contributed by atoms with van der Waals surface area (Å²) in [6, 6.07) is 20.0. The first-order valence-corrected chi connectivity index (χ1v) is 14.1. The lowest BCUT2D eigenvalue weighted by atomic mass is 10.0. The SMILES string of the molecule is NC(CCC(=O)N[C@@H](CSCc1ccc(-c2ccc(C(=O)O)cc2)cc1)C(=O)N(CC(=O)O)c1ccccc1)C(=O)O. The van der Waals surface area contributed by atoms with Gasteiger partial charge in [-0.25, -0.2) is 4.79 Å². The fourth-order valence-corrected chi connectivity index (χ4v) is 4.98. The molecule has 6 N–H and O–H groups in total. The standard InChI is InChI=1S/C30H31N3O8S/c31-24(30(40)41)14-15-26(34)32-25(28(37)33(16-27(35)36)23-4-2-1-3-5-23)18-42-17-19-6-8-20(9-7-19)21-10-12-22(13-11-21)29(38)39/h1-13,24-25H,14-18,31H2,(H,32,34)(H,35,36)(H,38,39)(H,40,41)/t24?,25-/m0/s1. The molecule has 0 saturated carbocycles. The van der Waals surface area contributed by atoms with Gasteiger partial charge >= 0.3 is 17.9 Å². The van der Waals surface area contributed by atoms with E-state index in [1.165, 1.54) is 23.9 Å². The molecule has 0 spiro atoms. The Kier molecular flexibility index (Phi) is 11.6. The van der Waals surface area contributed by atoms with Gasteiger partial charge in [-0.2, -0.15) is 11.8 Å². The third kappa shape index (κ3) is 9.46. The summed E-state index contributed by atoms with van der Waals surface area (Å²) in [5.41, 5.74) is 8.73. The lowest BCUT2D eigenvalue weighted by molar-refractivity contribution is -0.139. The first-order chi connectivity index (χ1) is 20.0. The molecule has 3 aromatic carbocycles. The van der Waals surface area contributed by atoms with E-state index in [1.54, 1.807) is 42.5 Å². The monoisotopic (exact) mass is 593 g/mol. The lowest BCUT2D eigenvalue weighted by Crippen LogP contribution is -2.51. The molecule has 3 aromatic rings. The smallest absolute Gasteiger partial charge is 0.335 e. The van der Waals surface area contributed by atoms with E-state index < -0.39 is 48.4 Å². The summed E-state index contributed by atoms with van der Waals surface area (Å²) in [5.74, 6) is -4.07. The maximum Gasteiger partial charge on any atom is 0.335 e. The molecule has 0 saturated heterocycles. The molecule has 0 radical (unpaired) electrons. The Balaban J connectivity index is 1.71. The molecule has 1 unspecified atom stereocenters. The fourth-order valence-electron chi connectivity index (χ4n) is 3.97. The Labute approximate surface area is 246 Å². The highest BCUT2D eigenvalue weighted by Crippen LogP contribution is 2.23. The zero-order chi connectivity index (χ0) is 30.6. The number of benzene rings is 3. The van der Waals surface area contributed by atoms with Crippen molar-refractivity contribution in [1.82, 2.24) is 5.32 Å². The molecule has 2 amide bonds. The molecule has 0 bridgehead atoms. The van der Waals surface area contributed by atoms with Crippen LogP contribution in [0.3, 0.4) is 0 Å². The van der Waals surface area contributed by atoms with Crippen molar-refractivity contribution in [3.05, 3.63) is 90.0 Å². The summed E-state index contributed by atoms with van der Waals surface area (Å²) in [4.78, 5) is 60.9. The molecule has 0 aliphatic carbocycles. The third-order valence-electron chi connectivity index (χ3n) is 6.23. The number of thioether (sulfide) groups is 1. The molecule has 220 valence electrons. The van der Waals surface area contributed by atoms with Crippen LogP contribution in [0, 0.1) is 0 Å². The van der Waals surface area contributed by atoms with E-state index in [2.05, 4.69) is 5.32 Å². The number of para-hydroxylation sites is 1. The molecular formula is C30H31N3O8S. The molecule has 0 fully saturated rings. The predicted molar refractivity (Wildman–Crippen MR) is 158 cm³/mol. The largest absolute Gasteiger partial charge is 0.480 e. The number of carboxylic acid groups (broad SMARTS) is 3. The van der Waals surface area contributed by atoms with Gasteiger partial charge in [-0.15, -0.1) is 0 Å². The second-order valence-corrected chi connectivity index (χ2v) is 10.4. The van der Waals surface area contributed by atoms with E-state index in [4.69, 9.17) is 15.9 Å². The van der Waals surface area contributed by atoms with E-state index in [-0.39, 0.29) is 24.2 Å². The van der Waals surface area contributed by atoms with Crippen LogP contribution >= 0.6 is 11.8 Å². The van der Waals surface area contributed by atoms with Gasteiger partial charge in [0.15, 0.2) is 0 Å². The number of nitrogens with two attached hydrogens (primary N) is 1. The Hall–Kier alpha value is -4.68. The van der Waals surface area contributed by atoms with Crippen LogP contribution in [0.25, 0.3) is 11.1 Å². The predicted octanol–water partition coefficient (Wildman–Crippen LogP) is 3.08. The number of aromatic carboxylic acids is 1. The second kappa shape index (κ2) is 15.4. The number of hydrogen-bond acceptors (Lipinski definition) is 7. The molecule has 0 heterocycles. The maximum atomic E-state index is 13.6. The number of nitrogens with one attached hydrogen (secondary N) is 1. The van der Waals surface area contributed by atoms with Crippen molar-refractivity contribution in [2.75, 3.05) is 17.2 Å². The van der Waals surface area contributed by atoms with Gasteiger partial charge in [0.05, 0.1) is 5.56 Å². The van der Waals surface area contributed by atoms with E-state index in [9.17, 15) is 29.1 Å². The van der Waals surface area contributed by atoms with Crippen molar-refractivity contribution in [3.63, 3.8) is 0 Å². The number of carbonyl (C=O) groups excluding carboxylic acids is 2. The van der Waals surface area contributed by atoms with Crippen molar-refractivity contribution in [1.29, 1.82) is 0 Å². The number of anilines is 1. The van der Waals surface area contributed by atoms with Crippen LogP contribution in [0.1, 0.15) is 28.8 Å². The average molecular weight is 594 g/mol. The van der Waals surface area contributed by atoms with Gasteiger partial charge in [-0.3, -0.25) is 24.1 Å². The second-order valence-electron chi connectivity index (χ2n) is 9.35. The molecule has 0 aliphatic heterocycles. The van der Waals surface area contributed by atoms with Crippen LogP contribution in [0.15, 0.2) is 78.9 Å². The Morgan fingerprint density at radius 2 is 1.43 bits per heavy atom. The quantitative estimate of drug-likeness (QED) is 0.175. The minimum atomic E-state index is -1.24. The topological polar surface area (TPSA) is 187 Å². The van der Waals surface area contributed by atoms with Crippen LogP contribution < -0.4 is 16.0 Å². The number of nitrogens with zero attached hydrogens (tertiary/aromatic N) is 1. The van der Waals surface area contributed by atoms with Gasteiger partial charge in [0.1, 0.15) is 18.6 Å². The Morgan fingerprint density at radius 3 is 1.98 bits per heavy atom. The van der Waals surface area contributed by atoms with Gasteiger partial charge < -0.3 is 26.4 Å². The van der Waals surface area contributed by atoms with Crippen LogP contribution in [0.5, 0.6) is 0 Å². The molecule has 0 aliphatic rings. The normalized spacial score (nSPS) is 12.1. The van der Waals surface area contributed by atoms with Gasteiger partial charge in [0, 0.05) is 23.6 Å². The van der Waals surface area contributed by atoms with E-state index in [0.717, 1.165) is 21.6 Å². The van der Waals surface area contributed by atoms with Crippen molar-refractivity contribution < 1.29 is 39.3 Å². The molecule has 0 aromatic heterocycles. The summed E-state index contributed by atoms with van der Waals surface area (Å²) < 4.78 is 0. The third-order valence-corrected chi connectivity index (χ3v) is 7.34. The number of carboxylic acids is 3. The first-order valence-electron chi connectivity index (χ1n) is 12.9. The van der Waals surface area contributed by atoms with Crippen molar-refractivity contribution >= 4 is 47.2 Å². The lowest BCUT2D eigenvalue weighted by Gasteiger charge is -2.27. The van der Waals surface area contributed by atoms with Crippen LogP contribution in [0.2, 0.25) is 0 Å². The van der Waals surface area contributed by atoms with Crippen molar-refractivity contribution in [2.45, 2.75) is 30.7 Å². The number of hydrogen-bond donors (Lipinski definition) is 5. The number of carbonyl (C=O) groups is 5. The van der Waals surface area contributed by atoms with Gasteiger partial charge in [0.25, 0.3) is 5.91 Å². The average Bonchev–Trinajstić information content (AvgIpc) is 2.98. The Morgan fingerprint density at radius 1 is 0.833 bits per heavy atom. The fraction of sp³-hybridized carbons (Fsp3) is 0.233. The van der Waals surface area contributed by atoms with Crippen LogP contribution in [-0.4, -0.2) is 69.4 Å². The van der Waals surface area contributed by atoms with Crippen molar-refractivity contribution in [3.8, 4) is 11.1 Å². The molecule has 3 rings (SSSR count). The van der Waals surface area contributed by atoms with E-state index in [0.29, 0.717) is 11.4 Å². The maximum absolute atomic E-state index is 13.6. The minimum absolute atomic E-state index is 0.122. The van der Waals surface area contributed by atoms with E-state index >= 15 is 0 Å². The molecule has 11 nitrogen and oxygen atoms in total. The summed E-state index contributed by atoms with van der Waals surface area (Å²) in [6.45, 7) is -0.612. The van der Waals surface area contributed by atoms with E-state index in [1.807, 2.05) is 24.3 Å². The molecule has 2 atom stereocenters. The minimum Gasteiger partial charge on any atom is -0.480 e. The van der Waals surface area contributed by atoms with Gasteiger partial charge in [-0.05, 0) is 47.4 Å². The number of aliphatic carboxylic acids is 2. The summed E-state index contributed by atoms with van der Waals surface area (Å²) >= 11 is 1.36. The number of rotatable bonds is 15. The zero-order valence-corrected chi connectivity index (χ0v) is 23.3. The van der Waals surface area contributed by atoms with Crippen LogP contribution in [-0.2, 0) is 24.9 Å². The highest BCUT2D eigenvalue weighted by Gasteiger charge is 2.29. The Bertz CT molecular complexity index is 1400. The summed E-state index contributed by atoms with van der Waals surface area (Å²) in [7, 11) is 0.